The summed E-state index contributed by atoms with van der Waals surface area (Å²) >= 11 is 0. The van der Waals surface area contributed by atoms with Crippen molar-refractivity contribution in [2.24, 2.45) is 0 Å². The van der Waals surface area contributed by atoms with Crippen molar-refractivity contribution >= 4 is 49.1 Å². The van der Waals surface area contributed by atoms with Gasteiger partial charge in [0.15, 0.2) is 5.65 Å². The third-order valence-electron chi connectivity index (χ3n) is 9.56. The number of para-hydroxylation sites is 3. The van der Waals surface area contributed by atoms with Crippen LogP contribution in [0, 0.1) is 6.92 Å². The van der Waals surface area contributed by atoms with Crippen LogP contribution in [-0.2, 0) is 0 Å². The van der Waals surface area contributed by atoms with Crippen molar-refractivity contribution in [3.05, 3.63) is 126 Å². The molecule has 0 radical (unpaired) electrons. The van der Waals surface area contributed by atoms with Crippen molar-refractivity contribution in [3.63, 3.8) is 0 Å². The normalized spacial score (nSPS) is 12.1. The van der Waals surface area contributed by atoms with Crippen molar-refractivity contribution in [3.8, 4) is 23.1 Å². The van der Waals surface area contributed by atoms with Gasteiger partial charge in [-0.2, -0.15) is 5.10 Å². The Balaban J connectivity index is 1.22. The maximum atomic E-state index is 6.63. The van der Waals surface area contributed by atoms with Crippen molar-refractivity contribution in [1.82, 2.24) is 33.9 Å². The Morgan fingerprint density at radius 2 is 1.24 bits per heavy atom. The highest BCUT2D eigenvalue weighted by molar-refractivity contribution is 6.12. The average Bonchev–Trinajstić information content (AvgIpc) is 3.83. The number of aromatic nitrogens is 7. The van der Waals surface area contributed by atoms with Crippen LogP contribution in [0.3, 0.4) is 0 Å². The van der Waals surface area contributed by atoms with Gasteiger partial charge in [-0.25, -0.2) is 9.50 Å². The topological polar surface area (TPSA) is 75.1 Å². The molecular formula is C41H35N7O. The fourth-order valence-corrected chi connectivity index (χ4v) is 7.34. The summed E-state index contributed by atoms with van der Waals surface area (Å²) < 4.78 is 12.9. The first kappa shape index (κ1) is 29.1. The average molecular weight is 642 g/mol. The second-order valence-electron chi connectivity index (χ2n) is 13.3. The first-order chi connectivity index (χ1) is 23.9. The summed E-state index contributed by atoms with van der Waals surface area (Å²) in [5.41, 5.74) is 7.55. The Morgan fingerprint density at radius 3 is 1.98 bits per heavy atom. The van der Waals surface area contributed by atoms with E-state index in [0.717, 1.165) is 78.1 Å². The summed E-state index contributed by atoms with van der Waals surface area (Å²) in [5, 5.41) is 19.4. The molecule has 4 heterocycles. The Bertz CT molecular complexity index is 2700. The van der Waals surface area contributed by atoms with Crippen LogP contribution in [0.5, 0.6) is 11.5 Å². The van der Waals surface area contributed by atoms with Gasteiger partial charge in [0, 0.05) is 27.6 Å². The Labute approximate surface area is 283 Å². The summed E-state index contributed by atoms with van der Waals surface area (Å²) in [6.07, 6.45) is 1.84. The SMILES string of the molecule is Cc1nc2c3cc(Oc4ccc5c6ccccc6n(-c6nncn6-c6c(C(C)C)cccc6C(C)C)c5c4)ccc3c3ccccc3n2n1. The molecule has 0 saturated heterocycles. The van der Waals surface area contributed by atoms with E-state index < -0.39 is 0 Å². The summed E-state index contributed by atoms with van der Waals surface area (Å²) in [5.74, 6) is 3.56. The predicted octanol–water partition coefficient (Wildman–Crippen LogP) is 10.1. The number of ether oxygens (including phenoxy) is 1. The molecule has 0 saturated carbocycles. The molecule has 0 fully saturated rings. The van der Waals surface area contributed by atoms with Crippen LogP contribution < -0.4 is 4.74 Å². The van der Waals surface area contributed by atoms with Gasteiger partial charge >= 0.3 is 0 Å². The van der Waals surface area contributed by atoms with Crippen LogP contribution in [0.15, 0.2) is 109 Å². The van der Waals surface area contributed by atoms with Gasteiger partial charge in [0.2, 0.25) is 5.95 Å². The van der Waals surface area contributed by atoms with E-state index in [4.69, 9.17) is 19.9 Å². The molecule has 240 valence electrons. The molecule has 8 heteroatoms. The molecule has 9 rings (SSSR count). The van der Waals surface area contributed by atoms with Gasteiger partial charge in [0.05, 0.1) is 22.2 Å². The molecule has 0 bridgehead atoms. The molecule has 0 aliphatic heterocycles. The monoisotopic (exact) mass is 641 g/mol. The standard InChI is InChI=1S/C41H35N7O/c1-24(2)29-13-10-14-30(25(3)4)39(29)46-23-42-44-41(46)47-36-15-8-6-12-33(36)34-20-18-28(22-38(34)47)49-27-17-19-31-32-11-7-9-16-37(32)48-40(35(31)21-27)43-26(5)45-48/h6-25H,1-5H3. The van der Waals surface area contributed by atoms with Crippen LogP contribution >= 0.6 is 0 Å². The lowest BCUT2D eigenvalue weighted by atomic mass is 9.92. The molecule has 0 unspecified atom stereocenters. The molecule has 0 atom stereocenters. The summed E-state index contributed by atoms with van der Waals surface area (Å²) in [6.45, 7) is 10.9. The number of fused-ring (bicyclic) bond motifs is 9. The van der Waals surface area contributed by atoms with E-state index in [9.17, 15) is 0 Å². The van der Waals surface area contributed by atoms with E-state index in [0.29, 0.717) is 11.8 Å². The Kier molecular flexibility index (Phi) is 6.56. The smallest absolute Gasteiger partial charge is 0.240 e. The van der Waals surface area contributed by atoms with Gasteiger partial charge < -0.3 is 4.74 Å². The molecule has 0 spiro atoms. The number of aryl methyl sites for hydroxylation is 1. The lowest BCUT2D eigenvalue weighted by Gasteiger charge is -2.21. The van der Waals surface area contributed by atoms with Crippen molar-refractivity contribution in [2.45, 2.75) is 46.5 Å². The van der Waals surface area contributed by atoms with Gasteiger partial charge in [-0.15, -0.1) is 10.2 Å². The van der Waals surface area contributed by atoms with Gasteiger partial charge in [0.25, 0.3) is 0 Å². The quantitative estimate of drug-likeness (QED) is 0.169. The third kappa shape index (κ3) is 4.51. The molecule has 8 nitrogen and oxygen atoms in total. The molecule has 0 aliphatic carbocycles. The van der Waals surface area contributed by atoms with E-state index in [-0.39, 0.29) is 0 Å². The van der Waals surface area contributed by atoms with Gasteiger partial charge in [0.1, 0.15) is 23.7 Å². The highest BCUT2D eigenvalue weighted by Crippen LogP contribution is 2.38. The number of hydrogen-bond donors (Lipinski definition) is 0. The van der Waals surface area contributed by atoms with Gasteiger partial charge in [-0.3, -0.25) is 9.13 Å². The second-order valence-corrected chi connectivity index (χ2v) is 13.3. The molecule has 0 N–H and O–H groups in total. The molecule has 5 aromatic carbocycles. The van der Waals surface area contributed by atoms with Crippen molar-refractivity contribution < 1.29 is 4.74 Å². The lowest BCUT2D eigenvalue weighted by molar-refractivity contribution is 0.484. The minimum atomic E-state index is 0.324. The van der Waals surface area contributed by atoms with E-state index >= 15 is 0 Å². The van der Waals surface area contributed by atoms with Crippen molar-refractivity contribution in [1.29, 1.82) is 0 Å². The van der Waals surface area contributed by atoms with Gasteiger partial charge in [-0.05, 0) is 77.7 Å². The fraction of sp³-hybridized carbons (Fsp3) is 0.171. The minimum absolute atomic E-state index is 0.324. The van der Waals surface area contributed by atoms with E-state index in [1.807, 2.05) is 36.0 Å². The Hall–Kier alpha value is -6.02. The van der Waals surface area contributed by atoms with E-state index in [1.165, 1.54) is 11.1 Å². The number of pyridine rings is 1. The van der Waals surface area contributed by atoms with Crippen LogP contribution in [0.1, 0.15) is 56.5 Å². The maximum absolute atomic E-state index is 6.63. The molecule has 4 aromatic heterocycles. The predicted molar refractivity (Wildman–Crippen MR) is 197 cm³/mol. The zero-order valence-corrected chi connectivity index (χ0v) is 28.1. The molecular weight excluding hydrogens is 606 g/mol. The van der Waals surface area contributed by atoms with Crippen LogP contribution in [0.4, 0.5) is 0 Å². The molecule has 0 aliphatic rings. The van der Waals surface area contributed by atoms with E-state index in [2.05, 4.69) is 127 Å². The highest BCUT2D eigenvalue weighted by Gasteiger charge is 2.23. The molecule has 9 aromatic rings. The lowest BCUT2D eigenvalue weighted by Crippen LogP contribution is -2.11. The first-order valence-electron chi connectivity index (χ1n) is 16.8. The zero-order valence-electron chi connectivity index (χ0n) is 28.1. The van der Waals surface area contributed by atoms with Crippen LogP contribution in [0.2, 0.25) is 0 Å². The number of hydrogen-bond acceptors (Lipinski definition) is 5. The van der Waals surface area contributed by atoms with Crippen molar-refractivity contribution in [2.75, 3.05) is 0 Å². The van der Waals surface area contributed by atoms with E-state index in [1.54, 1.807) is 0 Å². The number of benzene rings is 5. The summed E-state index contributed by atoms with van der Waals surface area (Å²) in [7, 11) is 0. The zero-order chi connectivity index (χ0) is 33.4. The second kappa shape index (κ2) is 11.0. The Morgan fingerprint density at radius 1 is 0.612 bits per heavy atom. The van der Waals surface area contributed by atoms with Crippen LogP contribution in [0.25, 0.3) is 60.8 Å². The molecule has 0 amide bonds. The van der Waals surface area contributed by atoms with Gasteiger partial charge in [-0.1, -0.05) is 82.3 Å². The highest BCUT2D eigenvalue weighted by atomic mass is 16.5. The molecule has 49 heavy (non-hydrogen) atoms. The largest absolute Gasteiger partial charge is 0.457 e. The first-order valence-corrected chi connectivity index (χ1v) is 16.8. The summed E-state index contributed by atoms with van der Waals surface area (Å²) in [6, 6.07) is 35.9. The maximum Gasteiger partial charge on any atom is 0.240 e. The number of rotatable bonds is 6. The minimum Gasteiger partial charge on any atom is -0.457 e. The fourth-order valence-electron chi connectivity index (χ4n) is 7.34. The third-order valence-corrected chi connectivity index (χ3v) is 9.56. The number of nitrogens with zero attached hydrogens (tertiary/aromatic N) is 7. The van der Waals surface area contributed by atoms with Crippen LogP contribution in [-0.4, -0.2) is 33.9 Å². The summed E-state index contributed by atoms with van der Waals surface area (Å²) in [4.78, 5) is 4.79.